The highest BCUT2D eigenvalue weighted by molar-refractivity contribution is 9.10. The van der Waals surface area contributed by atoms with Crippen LogP contribution in [0.2, 0.25) is 5.02 Å². The lowest BCUT2D eigenvalue weighted by molar-refractivity contribution is 0.626. The summed E-state index contributed by atoms with van der Waals surface area (Å²) in [6.45, 7) is 0. The van der Waals surface area contributed by atoms with Crippen molar-refractivity contribution in [3.63, 3.8) is 0 Å². The van der Waals surface area contributed by atoms with E-state index in [4.69, 9.17) is 17.3 Å². The molecule has 0 aliphatic heterocycles. The van der Waals surface area contributed by atoms with Gasteiger partial charge in [-0.1, -0.05) is 17.7 Å². The maximum Gasteiger partial charge on any atom is 0.141 e. The first-order valence-electron chi connectivity index (χ1n) is 4.99. The zero-order valence-electron chi connectivity index (χ0n) is 8.79. The van der Waals surface area contributed by atoms with E-state index in [0.717, 1.165) is 14.9 Å². The summed E-state index contributed by atoms with van der Waals surface area (Å²) in [6.07, 6.45) is 0.646. The Morgan fingerprint density at radius 2 is 2.18 bits per heavy atom. The molecule has 0 radical (unpaired) electrons. The molecule has 0 fully saturated rings. The first-order valence-corrected chi connectivity index (χ1v) is 7.05. The van der Waals surface area contributed by atoms with Crippen LogP contribution in [-0.4, -0.2) is 0 Å². The minimum atomic E-state index is -0.400. The number of thiophene rings is 1. The second kappa shape index (κ2) is 5.48. The lowest BCUT2D eigenvalue weighted by Gasteiger charge is -2.09. The Bertz CT molecular complexity index is 529. The van der Waals surface area contributed by atoms with E-state index in [2.05, 4.69) is 15.9 Å². The van der Waals surface area contributed by atoms with Gasteiger partial charge in [0.15, 0.2) is 0 Å². The van der Waals surface area contributed by atoms with Gasteiger partial charge in [-0.3, -0.25) is 0 Å². The van der Waals surface area contributed by atoms with Crippen molar-refractivity contribution >= 4 is 38.9 Å². The summed E-state index contributed by atoms with van der Waals surface area (Å²) in [5, 5.41) is 2.13. The molecule has 90 valence electrons. The van der Waals surface area contributed by atoms with Gasteiger partial charge in [0.2, 0.25) is 0 Å². The summed E-state index contributed by atoms with van der Waals surface area (Å²) in [5.41, 5.74) is 7.02. The molecular weight excluding hydrogens is 325 g/mol. The molecule has 0 bridgehead atoms. The van der Waals surface area contributed by atoms with Crippen LogP contribution in [-0.2, 0) is 6.42 Å². The quantitative estimate of drug-likeness (QED) is 0.876. The smallest absolute Gasteiger partial charge is 0.141 e. The van der Waals surface area contributed by atoms with Crippen LogP contribution in [0.1, 0.15) is 16.5 Å². The van der Waals surface area contributed by atoms with E-state index >= 15 is 0 Å². The summed E-state index contributed by atoms with van der Waals surface area (Å²) < 4.78 is 14.0. The highest BCUT2D eigenvalue weighted by Crippen LogP contribution is 2.27. The van der Waals surface area contributed by atoms with Crippen molar-refractivity contribution in [2.24, 2.45) is 5.73 Å². The third-order valence-electron chi connectivity index (χ3n) is 2.39. The topological polar surface area (TPSA) is 26.0 Å². The molecule has 1 nitrogen and oxygen atoms in total. The third kappa shape index (κ3) is 3.28. The zero-order chi connectivity index (χ0) is 12.4. The Morgan fingerprint density at radius 3 is 2.76 bits per heavy atom. The molecule has 0 aliphatic carbocycles. The van der Waals surface area contributed by atoms with Gasteiger partial charge in [0.05, 0.1) is 5.02 Å². The molecule has 5 heteroatoms. The van der Waals surface area contributed by atoms with Crippen LogP contribution in [0.25, 0.3) is 0 Å². The van der Waals surface area contributed by atoms with Gasteiger partial charge in [-0.05, 0) is 46.1 Å². The minimum absolute atomic E-state index is 0.0900. The Labute approximate surface area is 117 Å². The normalized spacial score (nSPS) is 12.7. The standard InChI is InChI=1S/C12H10BrClFNS/c13-8-5-12(17-6-8)11(16)4-7-1-2-10(15)9(14)3-7/h1-3,5-6,11H,4,16H2. The number of hydrogen-bond donors (Lipinski definition) is 1. The fraction of sp³-hybridized carbons (Fsp3) is 0.167. The summed E-state index contributed by atoms with van der Waals surface area (Å²) in [4.78, 5) is 1.09. The molecule has 1 aromatic carbocycles. The fourth-order valence-corrected chi connectivity index (χ4v) is 3.20. The Balaban J connectivity index is 2.12. The Hall–Kier alpha value is -0.420. The molecule has 17 heavy (non-hydrogen) atoms. The van der Waals surface area contributed by atoms with Crippen LogP contribution in [0, 0.1) is 5.82 Å². The third-order valence-corrected chi connectivity index (χ3v) is 4.51. The highest BCUT2D eigenvalue weighted by Gasteiger charge is 2.10. The van der Waals surface area contributed by atoms with Crippen LogP contribution in [0.5, 0.6) is 0 Å². The molecule has 1 heterocycles. The molecule has 0 saturated heterocycles. The molecule has 2 N–H and O–H groups in total. The van der Waals surface area contributed by atoms with Gasteiger partial charge in [-0.15, -0.1) is 11.3 Å². The van der Waals surface area contributed by atoms with Crippen molar-refractivity contribution in [3.05, 3.63) is 55.4 Å². The van der Waals surface area contributed by atoms with Crippen LogP contribution >= 0.6 is 38.9 Å². The predicted molar refractivity (Wildman–Crippen MR) is 74.1 cm³/mol. The molecule has 2 aromatic rings. The van der Waals surface area contributed by atoms with Crippen molar-refractivity contribution in [1.29, 1.82) is 0 Å². The Morgan fingerprint density at radius 1 is 1.41 bits per heavy atom. The number of benzene rings is 1. The number of rotatable bonds is 3. The molecule has 1 aromatic heterocycles. The number of halogens is 3. The molecular formula is C12H10BrClFNS. The van der Waals surface area contributed by atoms with Gasteiger partial charge in [-0.25, -0.2) is 4.39 Å². The summed E-state index contributed by atoms with van der Waals surface area (Å²) in [7, 11) is 0. The summed E-state index contributed by atoms with van der Waals surface area (Å²) in [6, 6.07) is 6.62. The average molecular weight is 335 g/mol. The number of hydrogen-bond acceptors (Lipinski definition) is 2. The maximum atomic E-state index is 13.0. The van der Waals surface area contributed by atoms with E-state index < -0.39 is 5.82 Å². The van der Waals surface area contributed by atoms with E-state index in [9.17, 15) is 4.39 Å². The van der Waals surface area contributed by atoms with Gasteiger partial charge in [0, 0.05) is 20.8 Å². The second-order valence-electron chi connectivity index (χ2n) is 3.73. The van der Waals surface area contributed by atoms with Crippen molar-refractivity contribution < 1.29 is 4.39 Å². The highest BCUT2D eigenvalue weighted by atomic mass is 79.9. The Kier molecular flexibility index (Phi) is 4.20. The first-order chi connectivity index (χ1) is 8.06. The van der Waals surface area contributed by atoms with Gasteiger partial charge >= 0.3 is 0 Å². The monoisotopic (exact) mass is 333 g/mol. The predicted octanol–water partition coefficient (Wildman–Crippen LogP) is 4.55. The fourth-order valence-electron chi connectivity index (χ4n) is 1.54. The van der Waals surface area contributed by atoms with Crippen LogP contribution in [0.15, 0.2) is 34.1 Å². The van der Waals surface area contributed by atoms with Crippen LogP contribution in [0.3, 0.4) is 0 Å². The molecule has 1 atom stereocenters. The van der Waals surface area contributed by atoms with Gasteiger partial charge < -0.3 is 5.73 Å². The van der Waals surface area contributed by atoms with Crippen molar-refractivity contribution in [2.45, 2.75) is 12.5 Å². The van der Waals surface area contributed by atoms with E-state index in [1.54, 1.807) is 23.5 Å². The lowest BCUT2D eigenvalue weighted by atomic mass is 10.1. The molecule has 1 unspecified atom stereocenters. The van der Waals surface area contributed by atoms with Gasteiger partial charge in [-0.2, -0.15) is 0 Å². The summed E-state index contributed by atoms with van der Waals surface area (Å²) in [5.74, 6) is -0.400. The van der Waals surface area contributed by atoms with Gasteiger partial charge in [0.1, 0.15) is 5.82 Å². The molecule has 0 saturated carbocycles. The molecule has 0 amide bonds. The summed E-state index contributed by atoms with van der Waals surface area (Å²) >= 11 is 10.7. The SMILES string of the molecule is NC(Cc1ccc(F)c(Cl)c1)c1cc(Br)cs1. The van der Waals surface area contributed by atoms with Crippen molar-refractivity contribution in [1.82, 2.24) is 0 Å². The minimum Gasteiger partial charge on any atom is -0.323 e. The average Bonchev–Trinajstić information content (AvgIpc) is 2.70. The number of nitrogens with two attached hydrogens (primary N) is 1. The lowest BCUT2D eigenvalue weighted by Crippen LogP contribution is -2.11. The molecule has 0 spiro atoms. The zero-order valence-corrected chi connectivity index (χ0v) is 11.9. The van der Waals surface area contributed by atoms with E-state index in [0.29, 0.717) is 6.42 Å². The molecule has 0 aliphatic rings. The molecule has 2 rings (SSSR count). The van der Waals surface area contributed by atoms with Crippen molar-refractivity contribution in [3.8, 4) is 0 Å². The van der Waals surface area contributed by atoms with Gasteiger partial charge in [0.25, 0.3) is 0 Å². The maximum absolute atomic E-state index is 13.0. The first kappa shape index (κ1) is 13.0. The van der Waals surface area contributed by atoms with Crippen LogP contribution in [0.4, 0.5) is 4.39 Å². The van der Waals surface area contributed by atoms with Crippen molar-refractivity contribution in [2.75, 3.05) is 0 Å². The van der Waals surface area contributed by atoms with E-state index in [1.165, 1.54) is 6.07 Å². The van der Waals surface area contributed by atoms with Crippen LogP contribution < -0.4 is 5.73 Å². The second-order valence-corrected chi connectivity index (χ2v) is 5.99. The largest absolute Gasteiger partial charge is 0.323 e. The van der Waals surface area contributed by atoms with E-state index in [1.807, 2.05) is 11.4 Å². The van der Waals surface area contributed by atoms with E-state index in [-0.39, 0.29) is 11.1 Å².